The summed E-state index contributed by atoms with van der Waals surface area (Å²) in [4.78, 5) is 1.83. The maximum atomic E-state index is 10.9. The number of benzene rings is 4. The van der Waals surface area contributed by atoms with Crippen LogP contribution in [0.5, 0.6) is 28.7 Å². The van der Waals surface area contributed by atoms with E-state index in [1.807, 2.05) is 69.0 Å². The lowest BCUT2D eigenvalue weighted by Crippen LogP contribution is -2.14. The van der Waals surface area contributed by atoms with E-state index in [-0.39, 0.29) is 17.2 Å². The predicted octanol–water partition coefficient (Wildman–Crippen LogP) is 7.30. The number of hydrogen-bond acceptors (Lipinski definition) is 5. The van der Waals surface area contributed by atoms with Crippen molar-refractivity contribution in [3.8, 4) is 28.7 Å². The lowest BCUT2D eigenvalue weighted by Gasteiger charge is -2.31. The average molecular weight is 442 g/mol. The summed E-state index contributed by atoms with van der Waals surface area (Å²) in [7, 11) is 0. The van der Waals surface area contributed by atoms with Gasteiger partial charge in [0.15, 0.2) is 5.75 Å². The summed E-state index contributed by atoms with van der Waals surface area (Å²) in [5.74, 6) is 1.54. The minimum atomic E-state index is 0.0871. The number of phenols is 3. The quantitative estimate of drug-likeness (QED) is 0.303. The third kappa shape index (κ3) is 4.05. The van der Waals surface area contributed by atoms with E-state index >= 15 is 0 Å². The Morgan fingerprint density at radius 2 is 1.12 bits per heavy atom. The van der Waals surface area contributed by atoms with Gasteiger partial charge in [-0.15, -0.1) is 0 Å². The number of hydrogen-bond donors (Lipinski definition) is 3. The van der Waals surface area contributed by atoms with Gasteiger partial charge in [-0.05, 0) is 86.3 Å². The molecule has 0 radical (unpaired) electrons. The van der Waals surface area contributed by atoms with Crippen molar-refractivity contribution in [2.24, 2.45) is 0 Å². The van der Waals surface area contributed by atoms with E-state index in [0.717, 1.165) is 22.3 Å². The molecule has 4 aromatic carbocycles. The van der Waals surface area contributed by atoms with Gasteiger partial charge in [0, 0.05) is 0 Å². The van der Waals surface area contributed by atoms with Crippen LogP contribution in [0.4, 0.5) is 17.1 Å². The lowest BCUT2D eigenvalue weighted by molar-refractivity contribution is 0.457. The fourth-order valence-corrected chi connectivity index (χ4v) is 3.96. The Hall–Kier alpha value is -4.12. The number of para-hydroxylation sites is 4. The van der Waals surface area contributed by atoms with Crippen molar-refractivity contribution >= 4 is 17.1 Å². The molecule has 0 fully saturated rings. The van der Waals surface area contributed by atoms with Crippen LogP contribution in [0, 0.1) is 27.7 Å². The second-order valence-electron chi connectivity index (χ2n) is 8.12. The maximum absolute atomic E-state index is 10.9. The number of anilines is 3. The van der Waals surface area contributed by atoms with Gasteiger partial charge in [0.05, 0.1) is 17.1 Å². The number of ether oxygens (including phenoxy) is 1. The van der Waals surface area contributed by atoms with Crippen LogP contribution in [0.2, 0.25) is 0 Å². The third-order valence-corrected chi connectivity index (χ3v) is 5.92. The summed E-state index contributed by atoms with van der Waals surface area (Å²) in [6.45, 7) is 7.56. The van der Waals surface area contributed by atoms with Crippen LogP contribution in [-0.2, 0) is 0 Å². The van der Waals surface area contributed by atoms with E-state index < -0.39 is 0 Å². The number of nitrogens with zero attached hydrogens (tertiary/aromatic N) is 1. The zero-order valence-corrected chi connectivity index (χ0v) is 19.1. The lowest BCUT2D eigenvalue weighted by atomic mass is 10.1. The van der Waals surface area contributed by atoms with Gasteiger partial charge in [0.1, 0.15) is 23.0 Å². The second-order valence-corrected chi connectivity index (χ2v) is 8.12. The highest BCUT2D eigenvalue weighted by molar-refractivity contribution is 5.88. The molecule has 3 N–H and O–H groups in total. The van der Waals surface area contributed by atoms with Gasteiger partial charge in [-0.1, -0.05) is 36.4 Å². The van der Waals surface area contributed by atoms with Crippen molar-refractivity contribution in [1.29, 1.82) is 0 Å². The first-order chi connectivity index (χ1) is 15.8. The molecule has 5 nitrogen and oxygen atoms in total. The Balaban J connectivity index is 1.96. The number of aryl methyl sites for hydroxylation is 2. The van der Waals surface area contributed by atoms with Crippen molar-refractivity contribution in [3.63, 3.8) is 0 Å². The van der Waals surface area contributed by atoms with E-state index in [1.54, 1.807) is 36.4 Å². The van der Waals surface area contributed by atoms with Gasteiger partial charge in [0.25, 0.3) is 0 Å². The van der Waals surface area contributed by atoms with Crippen molar-refractivity contribution < 1.29 is 20.1 Å². The van der Waals surface area contributed by atoms with Crippen molar-refractivity contribution in [2.75, 3.05) is 4.90 Å². The van der Waals surface area contributed by atoms with Crippen LogP contribution in [0.25, 0.3) is 0 Å². The van der Waals surface area contributed by atoms with E-state index in [2.05, 4.69) is 0 Å². The van der Waals surface area contributed by atoms with Gasteiger partial charge < -0.3 is 20.1 Å². The molecule has 33 heavy (non-hydrogen) atoms. The van der Waals surface area contributed by atoms with E-state index in [1.165, 1.54) is 0 Å². The number of aromatic hydroxyl groups is 3. The molecule has 0 aliphatic heterocycles. The normalized spacial score (nSPS) is 10.8. The smallest absolute Gasteiger partial charge is 0.151 e. The summed E-state index contributed by atoms with van der Waals surface area (Å²) in [6, 6.07) is 21.5. The first-order valence-electron chi connectivity index (χ1n) is 10.7. The van der Waals surface area contributed by atoms with E-state index in [0.29, 0.717) is 28.6 Å². The number of rotatable bonds is 5. The molecule has 0 saturated heterocycles. The topological polar surface area (TPSA) is 73.2 Å². The summed E-state index contributed by atoms with van der Waals surface area (Å²) in [6.07, 6.45) is 0. The van der Waals surface area contributed by atoms with Crippen LogP contribution >= 0.6 is 0 Å². The van der Waals surface area contributed by atoms with Gasteiger partial charge in [-0.25, -0.2) is 0 Å². The summed E-state index contributed by atoms with van der Waals surface area (Å²) in [5, 5.41) is 31.8. The van der Waals surface area contributed by atoms with Crippen LogP contribution < -0.4 is 9.64 Å². The van der Waals surface area contributed by atoms with Crippen molar-refractivity contribution in [1.82, 2.24) is 0 Å². The van der Waals surface area contributed by atoms with Gasteiger partial charge in [0.2, 0.25) is 0 Å². The highest BCUT2D eigenvalue weighted by Crippen LogP contribution is 2.49. The molecule has 4 aromatic rings. The molecule has 0 saturated carbocycles. The fourth-order valence-electron chi connectivity index (χ4n) is 3.96. The average Bonchev–Trinajstić information content (AvgIpc) is 2.78. The minimum absolute atomic E-state index is 0.0871. The van der Waals surface area contributed by atoms with Crippen LogP contribution in [-0.4, -0.2) is 15.3 Å². The SMILES string of the molecule is Cc1cccc(O)c1N(c1ccccc1Oc1ccc(O)c(C)c1C)c1c(C)cccc1O. The maximum Gasteiger partial charge on any atom is 0.151 e. The van der Waals surface area contributed by atoms with Gasteiger partial charge in [-0.3, -0.25) is 4.90 Å². The second kappa shape index (κ2) is 8.79. The van der Waals surface area contributed by atoms with E-state index in [4.69, 9.17) is 4.74 Å². The zero-order valence-electron chi connectivity index (χ0n) is 19.1. The molecule has 0 atom stereocenters. The van der Waals surface area contributed by atoms with Crippen LogP contribution in [0.1, 0.15) is 22.3 Å². The Morgan fingerprint density at radius 3 is 1.70 bits per heavy atom. The van der Waals surface area contributed by atoms with Gasteiger partial charge >= 0.3 is 0 Å². The first kappa shape index (κ1) is 22.1. The molecule has 0 aromatic heterocycles. The largest absolute Gasteiger partial charge is 0.508 e. The van der Waals surface area contributed by atoms with Crippen LogP contribution in [0.3, 0.4) is 0 Å². The molecular formula is C28H27NO4. The van der Waals surface area contributed by atoms with Crippen LogP contribution in [0.15, 0.2) is 72.8 Å². The molecule has 168 valence electrons. The molecule has 0 aliphatic carbocycles. The van der Waals surface area contributed by atoms with Crippen molar-refractivity contribution in [2.45, 2.75) is 27.7 Å². The molecule has 5 heteroatoms. The Kier molecular flexibility index (Phi) is 5.88. The van der Waals surface area contributed by atoms with E-state index in [9.17, 15) is 15.3 Å². The molecule has 0 amide bonds. The molecule has 0 unspecified atom stereocenters. The summed E-state index contributed by atoms with van der Waals surface area (Å²) in [5.41, 5.74) is 5.00. The van der Waals surface area contributed by atoms with Gasteiger partial charge in [-0.2, -0.15) is 0 Å². The molecule has 4 rings (SSSR count). The predicted molar refractivity (Wildman–Crippen MR) is 132 cm³/mol. The Labute approximate surface area is 193 Å². The molecule has 0 aliphatic rings. The summed E-state index contributed by atoms with van der Waals surface area (Å²) < 4.78 is 6.34. The fraction of sp³-hybridized carbons (Fsp3) is 0.143. The van der Waals surface area contributed by atoms with Crippen molar-refractivity contribution in [3.05, 3.63) is 95.1 Å². The molecule has 0 bridgehead atoms. The Bertz CT molecular complexity index is 1240. The standard InChI is InChI=1S/C28H27NO4/c1-17-9-7-12-23(31)27(17)29(28-18(2)10-8-13-24(28)32)21-11-5-6-14-26(21)33-25-16-15-22(30)19(3)20(25)4/h5-16,30-32H,1-4H3. The zero-order chi connectivity index (χ0) is 23.7. The molecular weight excluding hydrogens is 414 g/mol. The minimum Gasteiger partial charge on any atom is -0.508 e. The molecule has 0 heterocycles. The Morgan fingerprint density at radius 1 is 0.545 bits per heavy atom. The third-order valence-electron chi connectivity index (χ3n) is 5.92. The number of phenolic OH excluding ortho intramolecular Hbond substituents is 3. The highest BCUT2D eigenvalue weighted by atomic mass is 16.5. The molecule has 0 spiro atoms. The monoisotopic (exact) mass is 441 g/mol. The summed E-state index contributed by atoms with van der Waals surface area (Å²) >= 11 is 0. The first-order valence-corrected chi connectivity index (χ1v) is 10.7. The highest BCUT2D eigenvalue weighted by Gasteiger charge is 2.25.